The number of aryl methyl sites for hydroxylation is 2. The second-order valence-electron chi connectivity index (χ2n) is 6.80. The molecule has 4 rings (SSSR count). The molecule has 0 radical (unpaired) electrons. The number of hydrogen-bond acceptors (Lipinski definition) is 2. The SMILES string of the molecule is Cc1cccc(C(c2cnc[nH]2)C2CCc3ccc(O)cc32)c1C. The van der Waals surface area contributed by atoms with Crippen molar-refractivity contribution in [2.75, 3.05) is 0 Å². The zero-order valence-corrected chi connectivity index (χ0v) is 14.1. The van der Waals surface area contributed by atoms with Gasteiger partial charge >= 0.3 is 0 Å². The molecule has 1 heterocycles. The van der Waals surface area contributed by atoms with Gasteiger partial charge in [-0.25, -0.2) is 4.98 Å². The maximum absolute atomic E-state index is 9.98. The number of H-pyrrole nitrogens is 1. The molecule has 2 aromatic carbocycles. The molecule has 2 unspecified atom stereocenters. The Kier molecular flexibility index (Phi) is 3.64. The summed E-state index contributed by atoms with van der Waals surface area (Å²) >= 11 is 0. The standard InChI is InChI=1S/C21H22N2O/c1-13-4-3-5-17(14(13)2)21(20-11-22-12-23-20)18-9-7-15-6-8-16(24)10-19(15)18/h3-6,8,10-12,18,21,24H,7,9H2,1-2H3,(H,22,23). The lowest BCUT2D eigenvalue weighted by molar-refractivity contribution is 0.473. The number of nitrogens with one attached hydrogen (secondary N) is 1. The molecule has 0 saturated carbocycles. The third-order valence-electron chi connectivity index (χ3n) is 5.49. The Labute approximate surface area is 142 Å². The van der Waals surface area contributed by atoms with Gasteiger partial charge in [0.2, 0.25) is 0 Å². The molecule has 0 amide bonds. The summed E-state index contributed by atoms with van der Waals surface area (Å²) in [6.07, 6.45) is 5.85. The summed E-state index contributed by atoms with van der Waals surface area (Å²) in [5, 5.41) is 9.98. The van der Waals surface area contributed by atoms with Crippen LogP contribution in [-0.2, 0) is 6.42 Å². The van der Waals surface area contributed by atoms with Gasteiger partial charge in [-0.1, -0.05) is 24.3 Å². The fourth-order valence-corrected chi connectivity index (χ4v) is 4.12. The minimum atomic E-state index is 0.232. The lowest BCUT2D eigenvalue weighted by atomic mass is 9.78. The van der Waals surface area contributed by atoms with Gasteiger partial charge in [0.15, 0.2) is 0 Å². The third kappa shape index (κ3) is 2.41. The van der Waals surface area contributed by atoms with Crippen molar-refractivity contribution in [1.82, 2.24) is 9.97 Å². The Morgan fingerprint density at radius 3 is 2.88 bits per heavy atom. The van der Waals surface area contributed by atoms with E-state index in [9.17, 15) is 5.11 Å². The molecule has 122 valence electrons. The third-order valence-corrected chi connectivity index (χ3v) is 5.49. The number of imidazole rings is 1. The second-order valence-corrected chi connectivity index (χ2v) is 6.80. The van der Waals surface area contributed by atoms with Gasteiger partial charge in [0.25, 0.3) is 0 Å². The van der Waals surface area contributed by atoms with Crippen molar-refractivity contribution in [2.45, 2.75) is 38.5 Å². The summed E-state index contributed by atoms with van der Waals surface area (Å²) in [5.74, 6) is 0.938. The lowest BCUT2D eigenvalue weighted by Crippen LogP contribution is -2.13. The van der Waals surface area contributed by atoms with Crippen LogP contribution in [0.25, 0.3) is 0 Å². The molecular formula is C21H22N2O. The molecule has 2 N–H and O–H groups in total. The van der Waals surface area contributed by atoms with E-state index < -0.39 is 0 Å². The van der Waals surface area contributed by atoms with Gasteiger partial charge in [0.05, 0.1) is 6.33 Å². The number of aromatic amines is 1. The van der Waals surface area contributed by atoms with E-state index in [1.807, 2.05) is 12.3 Å². The molecule has 2 atom stereocenters. The van der Waals surface area contributed by atoms with E-state index in [2.05, 4.69) is 48.1 Å². The molecule has 1 aliphatic rings. The minimum absolute atomic E-state index is 0.232. The number of aromatic hydroxyl groups is 1. The monoisotopic (exact) mass is 318 g/mol. The zero-order valence-electron chi connectivity index (χ0n) is 14.1. The van der Waals surface area contributed by atoms with Crippen molar-refractivity contribution in [2.24, 2.45) is 0 Å². The maximum atomic E-state index is 9.98. The molecule has 3 nitrogen and oxygen atoms in total. The van der Waals surface area contributed by atoms with Crippen LogP contribution in [0.15, 0.2) is 48.9 Å². The summed E-state index contributed by atoms with van der Waals surface area (Å²) < 4.78 is 0. The van der Waals surface area contributed by atoms with E-state index in [0.29, 0.717) is 11.7 Å². The van der Waals surface area contributed by atoms with Crippen LogP contribution < -0.4 is 0 Å². The lowest BCUT2D eigenvalue weighted by Gasteiger charge is -2.26. The summed E-state index contributed by atoms with van der Waals surface area (Å²) in [6.45, 7) is 4.36. The quantitative estimate of drug-likeness (QED) is 0.742. The van der Waals surface area contributed by atoms with E-state index in [1.165, 1.54) is 27.8 Å². The number of fused-ring (bicyclic) bond motifs is 1. The van der Waals surface area contributed by atoms with E-state index in [4.69, 9.17) is 0 Å². The molecule has 3 heteroatoms. The summed E-state index contributed by atoms with van der Waals surface area (Å²) in [5.41, 5.74) is 7.77. The molecule has 0 fully saturated rings. The zero-order chi connectivity index (χ0) is 16.7. The van der Waals surface area contributed by atoms with Gasteiger partial charge in [0, 0.05) is 17.8 Å². The first-order valence-electron chi connectivity index (χ1n) is 8.51. The van der Waals surface area contributed by atoms with E-state index in [-0.39, 0.29) is 5.92 Å². The van der Waals surface area contributed by atoms with Crippen LogP contribution in [0.2, 0.25) is 0 Å². The summed E-state index contributed by atoms with van der Waals surface area (Å²) in [6, 6.07) is 12.3. The summed E-state index contributed by atoms with van der Waals surface area (Å²) in [4.78, 5) is 7.59. The van der Waals surface area contributed by atoms with Crippen molar-refractivity contribution in [3.8, 4) is 5.75 Å². The van der Waals surface area contributed by atoms with Crippen LogP contribution in [0.3, 0.4) is 0 Å². The Morgan fingerprint density at radius 2 is 2.08 bits per heavy atom. The number of phenolic OH excluding ortho intramolecular Hbond substituents is 1. The molecular weight excluding hydrogens is 296 g/mol. The highest BCUT2D eigenvalue weighted by atomic mass is 16.3. The minimum Gasteiger partial charge on any atom is -0.508 e. The summed E-state index contributed by atoms with van der Waals surface area (Å²) in [7, 11) is 0. The highest BCUT2D eigenvalue weighted by Crippen LogP contribution is 2.47. The number of nitrogens with zero attached hydrogens (tertiary/aromatic N) is 1. The molecule has 1 aliphatic carbocycles. The highest BCUT2D eigenvalue weighted by Gasteiger charge is 2.33. The van der Waals surface area contributed by atoms with Gasteiger partial charge < -0.3 is 10.1 Å². The fourth-order valence-electron chi connectivity index (χ4n) is 4.12. The van der Waals surface area contributed by atoms with Crippen molar-refractivity contribution < 1.29 is 5.11 Å². The number of phenols is 1. The highest BCUT2D eigenvalue weighted by molar-refractivity contribution is 5.47. The van der Waals surface area contributed by atoms with Gasteiger partial charge in [-0.2, -0.15) is 0 Å². The van der Waals surface area contributed by atoms with Crippen LogP contribution in [0.1, 0.15) is 51.8 Å². The number of aromatic nitrogens is 2. The first-order valence-corrected chi connectivity index (χ1v) is 8.51. The predicted molar refractivity (Wildman–Crippen MR) is 95.5 cm³/mol. The molecule has 1 aromatic heterocycles. The van der Waals surface area contributed by atoms with Gasteiger partial charge in [-0.05, 0) is 72.6 Å². The average Bonchev–Trinajstić information content (AvgIpc) is 3.22. The topological polar surface area (TPSA) is 48.9 Å². The largest absolute Gasteiger partial charge is 0.508 e. The first-order chi connectivity index (χ1) is 11.6. The predicted octanol–water partition coefficient (Wildman–Crippen LogP) is 4.59. The van der Waals surface area contributed by atoms with Crippen LogP contribution in [0, 0.1) is 13.8 Å². The van der Waals surface area contributed by atoms with Gasteiger partial charge in [0.1, 0.15) is 5.75 Å². The Hall–Kier alpha value is -2.55. The molecule has 0 spiro atoms. The van der Waals surface area contributed by atoms with Crippen LogP contribution in [0.4, 0.5) is 0 Å². The second kappa shape index (κ2) is 5.82. The van der Waals surface area contributed by atoms with Crippen molar-refractivity contribution in [3.63, 3.8) is 0 Å². The average molecular weight is 318 g/mol. The Balaban J connectivity index is 1.87. The van der Waals surface area contributed by atoms with Crippen molar-refractivity contribution >= 4 is 0 Å². The smallest absolute Gasteiger partial charge is 0.115 e. The van der Waals surface area contributed by atoms with E-state index >= 15 is 0 Å². The van der Waals surface area contributed by atoms with Gasteiger partial charge in [-0.3, -0.25) is 0 Å². The number of hydrogen-bond donors (Lipinski definition) is 2. The molecule has 24 heavy (non-hydrogen) atoms. The normalized spacial score (nSPS) is 17.7. The number of benzene rings is 2. The molecule has 0 saturated heterocycles. The van der Waals surface area contributed by atoms with Crippen LogP contribution >= 0.6 is 0 Å². The Morgan fingerprint density at radius 1 is 1.21 bits per heavy atom. The van der Waals surface area contributed by atoms with E-state index in [0.717, 1.165) is 18.5 Å². The van der Waals surface area contributed by atoms with Gasteiger partial charge in [-0.15, -0.1) is 0 Å². The Bertz CT molecular complexity index is 868. The number of rotatable bonds is 3. The fraction of sp³-hybridized carbons (Fsp3) is 0.286. The van der Waals surface area contributed by atoms with Crippen LogP contribution in [-0.4, -0.2) is 15.1 Å². The van der Waals surface area contributed by atoms with Crippen molar-refractivity contribution in [3.05, 3.63) is 82.4 Å². The van der Waals surface area contributed by atoms with Crippen molar-refractivity contribution in [1.29, 1.82) is 0 Å². The molecule has 0 aliphatic heterocycles. The maximum Gasteiger partial charge on any atom is 0.115 e. The molecule has 0 bridgehead atoms. The van der Waals surface area contributed by atoms with E-state index in [1.54, 1.807) is 12.4 Å². The molecule has 3 aromatic rings. The first kappa shape index (κ1) is 15.0. The van der Waals surface area contributed by atoms with Crippen LogP contribution in [0.5, 0.6) is 5.75 Å².